The zero-order chi connectivity index (χ0) is 22.3. The first-order valence-corrected chi connectivity index (χ1v) is 10.3. The fourth-order valence-corrected chi connectivity index (χ4v) is 4.28. The predicted octanol–water partition coefficient (Wildman–Crippen LogP) is 4.70. The third kappa shape index (κ3) is 3.48. The Bertz CT molecular complexity index is 1210. The monoisotopic (exact) mass is 418 g/mol. The highest BCUT2D eigenvalue weighted by atomic mass is 16.5. The van der Waals surface area contributed by atoms with Crippen LogP contribution >= 0.6 is 0 Å². The minimum atomic E-state index is -0.725. The van der Waals surface area contributed by atoms with Crippen LogP contribution in [-0.2, 0) is 16.6 Å². The normalized spacial score (nSPS) is 16.6. The Labute approximate surface area is 181 Å². The molecule has 0 aliphatic carbocycles. The predicted molar refractivity (Wildman–Crippen MR) is 120 cm³/mol. The number of aromatic nitrogens is 1. The Morgan fingerprint density at radius 3 is 2.61 bits per heavy atom. The molecule has 1 aliphatic heterocycles. The van der Waals surface area contributed by atoms with Crippen LogP contribution in [0.2, 0.25) is 0 Å². The van der Waals surface area contributed by atoms with Crippen LogP contribution in [0.3, 0.4) is 0 Å². The molecule has 1 unspecified atom stereocenters. The standard InChI is InChI=1S/C25H26N2O4/c1-15(2)12-21(28)22-23(19-14-26(3)20-11-6-5-10-18(19)20)27(25(30)24(22)29)16-8-7-9-17(13-16)31-4/h5-11,13-15,23,29H,12H2,1-4H3. The molecule has 1 atom stereocenters. The highest BCUT2D eigenvalue weighted by Gasteiger charge is 2.45. The lowest BCUT2D eigenvalue weighted by molar-refractivity contribution is -0.118. The Kier molecular flexibility index (Phi) is 5.31. The lowest BCUT2D eigenvalue weighted by Crippen LogP contribution is -2.31. The number of hydrogen-bond donors (Lipinski definition) is 1. The van der Waals surface area contributed by atoms with Gasteiger partial charge >= 0.3 is 0 Å². The smallest absolute Gasteiger partial charge is 0.294 e. The van der Waals surface area contributed by atoms with Crippen LogP contribution in [0.25, 0.3) is 10.9 Å². The number of methoxy groups -OCH3 is 1. The second kappa shape index (κ2) is 7.95. The first kappa shape index (κ1) is 20.7. The fraction of sp³-hybridized carbons (Fsp3) is 0.280. The number of aliphatic hydroxyl groups is 1. The zero-order valence-corrected chi connectivity index (χ0v) is 18.1. The molecule has 0 fully saturated rings. The molecule has 1 aromatic heterocycles. The highest BCUT2D eigenvalue weighted by molar-refractivity contribution is 6.17. The molecule has 3 aromatic rings. The summed E-state index contributed by atoms with van der Waals surface area (Å²) < 4.78 is 7.30. The second-order valence-electron chi connectivity index (χ2n) is 8.28. The Hall–Kier alpha value is -3.54. The molecule has 4 rings (SSSR count). The van der Waals surface area contributed by atoms with E-state index in [0.717, 1.165) is 16.5 Å². The molecule has 6 heteroatoms. The summed E-state index contributed by atoms with van der Waals surface area (Å²) in [7, 11) is 3.48. The third-order valence-electron chi connectivity index (χ3n) is 5.66. The minimum Gasteiger partial charge on any atom is -0.503 e. The van der Waals surface area contributed by atoms with E-state index < -0.39 is 17.7 Å². The van der Waals surface area contributed by atoms with E-state index in [0.29, 0.717) is 11.4 Å². The zero-order valence-electron chi connectivity index (χ0n) is 18.1. The van der Waals surface area contributed by atoms with Crippen LogP contribution in [0.1, 0.15) is 31.9 Å². The van der Waals surface area contributed by atoms with Crippen molar-refractivity contribution >= 4 is 28.3 Å². The van der Waals surface area contributed by atoms with Crippen molar-refractivity contribution in [2.45, 2.75) is 26.3 Å². The summed E-state index contributed by atoms with van der Waals surface area (Å²) >= 11 is 0. The van der Waals surface area contributed by atoms with Gasteiger partial charge in [0, 0.05) is 47.9 Å². The molecule has 1 amide bonds. The van der Waals surface area contributed by atoms with E-state index in [-0.39, 0.29) is 23.7 Å². The van der Waals surface area contributed by atoms with Gasteiger partial charge in [0.1, 0.15) is 5.75 Å². The molecular formula is C25H26N2O4. The minimum absolute atomic E-state index is 0.0990. The van der Waals surface area contributed by atoms with Crippen molar-refractivity contribution in [2.75, 3.05) is 12.0 Å². The molecule has 0 saturated heterocycles. The Morgan fingerprint density at radius 1 is 1.16 bits per heavy atom. The maximum atomic E-state index is 13.3. The van der Waals surface area contributed by atoms with Crippen LogP contribution in [0.15, 0.2) is 66.1 Å². The van der Waals surface area contributed by atoms with E-state index in [4.69, 9.17) is 4.74 Å². The molecule has 0 saturated carbocycles. The van der Waals surface area contributed by atoms with Crippen LogP contribution < -0.4 is 9.64 Å². The van der Waals surface area contributed by atoms with Gasteiger partial charge in [-0.3, -0.25) is 14.5 Å². The summed E-state index contributed by atoms with van der Waals surface area (Å²) in [6, 6.07) is 14.2. The summed E-state index contributed by atoms with van der Waals surface area (Å²) in [6.07, 6.45) is 2.18. The molecule has 0 spiro atoms. The molecular weight excluding hydrogens is 392 g/mol. The van der Waals surface area contributed by atoms with E-state index in [9.17, 15) is 14.7 Å². The lowest BCUT2D eigenvalue weighted by Gasteiger charge is -2.27. The number of ketones is 1. The Morgan fingerprint density at radius 2 is 1.90 bits per heavy atom. The van der Waals surface area contributed by atoms with Crippen molar-refractivity contribution in [3.8, 4) is 5.75 Å². The summed E-state index contributed by atoms with van der Waals surface area (Å²) in [5.41, 5.74) is 2.49. The van der Waals surface area contributed by atoms with Gasteiger partial charge in [0.15, 0.2) is 11.5 Å². The number of carbonyl (C=O) groups excluding carboxylic acids is 2. The number of aliphatic hydroxyl groups excluding tert-OH is 1. The van der Waals surface area contributed by atoms with Gasteiger partial charge in [0.05, 0.1) is 18.7 Å². The van der Waals surface area contributed by atoms with Crippen molar-refractivity contribution in [2.24, 2.45) is 13.0 Å². The number of rotatable bonds is 6. The summed E-state index contributed by atoms with van der Waals surface area (Å²) in [5, 5.41) is 11.8. The Balaban J connectivity index is 1.95. The van der Waals surface area contributed by atoms with Gasteiger partial charge in [-0.15, -0.1) is 0 Å². The fourth-order valence-electron chi connectivity index (χ4n) is 4.28. The number of benzene rings is 2. The third-order valence-corrected chi connectivity index (χ3v) is 5.66. The molecule has 6 nitrogen and oxygen atoms in total. The van der Waals surface area contributed by atoms with Gasteiger partial charge in [-0.1, -0.05) is 38.1 Å². The van der Waals surface area contributed by atoms with E-state index in [1.54, 1.807) is 31.4 Å². The van der Waals surface area contributed by atoms with Gasteiger partial charge in [-0.05, 0) is 24.1 Å². The molecule has 2 aromatic carbocycles. The molecule has 2 heterocycles. The van der Waals surface area contributed by atoms with E-state index in [1.807, 2.05) is 55.9 Å². The quantitative estimate of drug-likeness (QED) is 0.630. The highest BCUT2D eigenvalue weighted by Crippen LogP contribution is 2.44. The summed E-state index contributed by atoms with van der Waals surface area (Å²) in [6.45, 7) is 3.89. The van der Waals surface area contributed by atoms with E-state index in [2.05, 4.69) is 0 Å². The number of amides is 1. The van der Waals surface area contributed by atoms with Gasteiger partial charge in [0.2, 0.25) is 0 Å². The maximum Gasteiger partial charge on any atom is 0.294 e. The average Bonchev–Trinajstić information content (AvgIpc) is 3.22. The maximum absolute atomic E-state index is 13.3. The van der Waals surface area contributed by atoms with Crippen molar-refractivity contribution in [3.63, 3.8) is 0 Å². The van der Waals surface area contributed by atoms with Gasteiger partial charge < -0.3 is 14.4 Å². The van der Waals surface area contributed by atoms with Gasteiger partial charge in [-0.2, -0.15) is 0 Å². The van der Waals surface area contributed by atoms with Crippen molar-refractivity contribution in [1.82, 2.24) is 4.57 Å². The van der Waals surface area contributed by atoms with Crippen molar-refractivity contribution in [1.29, 1.82) is 0 Å². The van der Waals surface area contributed by atoms with Gasteiger partial charge in [0.25, 0.3) is 5.91 Å². The van der Waals surface area contributed by atoms with E-state index in [1.165, 1.54) is 4.90 Å². The molecule has 1 aliphatic rings. The molecule has 1 N–H and O–H groups in total. The largest absolute Gasteiger partial charge is 0.503 e. The number of fused-ring (bicyclic) bond motifs is 1. The van der Waals surface area contributed by atoms with Crippen molar-refractivity contribution < 1.29 is 19.4 Å². The molecule has 160 valence electrons. The van der Waals surface area contributed by atoms with E-state index >= 15 is 0 Å². The van der Waals surface area contributed by atoms with Crippen molar-refractivity contribution in [3.05, 3.63) is 71.6 Å². The topological polar surface area (TPSA) is 71.8 Å². The second-order valence-corrected chi connectivity index (χ2v) is 8.28. The van der Waals surface area contributed by atoms with Crippen LogP contribution in [0.5, 0.6) is 5.75 Å². The first-order valence-electron chi connectivity index (χ1n) is 10.3. The van der Waals surface area contributed by atoms with Gasteiger partial charge in [-0.25, -0.2) is 0 Å². The number of para-hydroxylation sites is 1. The lowest BCUT2D eigenvalue weighted by atomic mass is 9.92. The number of ether oxygens (including phenoxy) is 1. The molecule has 0 radical (unpaired) electrons. The molecule has 31 heavy (non-hydrogen) atoms. The summed E-state index contributed by atoms with van der Waals surface area (Å²) in [5.74, 6) is -0.598. The van der Waals surface area contributed by atoms with Crippen LogP contribution in [-0.4, -0.2) is 28.5 Å². The number of hydrogen-bond acceptors (Lipinski definition) is 4. The first-order chi connectivity index (χ1) is 14.8. The van der Waals surface area contributed by atoms with Crippen LogP contribution in [0, 0.1) is 5.92 Å². The average molecular weight is 418 g/mol. The number of carbonyl (C=O) groups is 2. The summed E-state index contributed by atoms with van der Waals surface area (Å²) in [4.78, 5) is 28.0. The molecule has 0 bridgehead atoms. The number of nitrogens with zero attached hydrogens (tertiary/aromatic N) is 2. The number of aryl methyl sites for hydroxylation is 1. The van der Waals surface area contributed by atoms with Crippen LogP contribution in [0.4, 0.5) is 5.69 Å². The number of Topliss-reactive ketones (excluding diaryl/α,β-unsaturated/α-hetero) is 1. The number of anilines is 1. The SMILES string of the molecule is COc1cccc(N2C(=O)C(O)=C(C(=O)CC(C)C)C2c2cn(C)c3ccccc23)c1.